The van der Waals surface area contributed by atoms with E-state index < -0.39 is 22.6 Å². The Hall–Kier alpha value is -1.91. The highest BCUT2D eigenvalue weighted by Crippen LogP contribution is 2.18. The Balaban J connectivity index is 2.00. The smallest absolute Gasteiger partial charge is 0.355 e. The van der Waals surface area contributed by atoms with Crippen LogP contribution < -0.4 is 0 Å². The number of morpholine rings is 1. The molecule has 1 aliphatic heterocycles. The maximum Gasteiger partial charge on any atom is 0.355 e. The Labute approximate surface area is 146 Å². The zero-order chi connectivity index (χ0) is 18.6. The molecule has 0 aromatic carbocycles. The summed E-state index contributed by atoms with van der Waals surface area (Å²) in [4.78, 5) is 27.8. The minimum absolute atomic E-state index is 0.0121. The van der Waals surface area contributed by atoms with E-state index in [0.717, 1.165) is 0 Å². The molecule has 0 bridgehead atoms. The summed E-state index contributed by atoms with van der Waals surface area (Å²) in [5.41, 5.74) is -0.0214. The van der Waals surface area contributed by atoms with Gasteiger partial charge in [0.2, 0.25) is 10.0 Å². The van der Waals surface area contributed by atoms with Gasteiger partial charge in [-0.3, -0.25) is 4.79 Å². The molecule has 9 nitrogen and oxygen atoms in total. The predicted octanol–water partition coefficient (Wildman–Crippen LogP) is 0.0592. The Bertz CT molecular complexity index is 721. The molecule has 2 rings (SSSR count). The fourth-order valence-corrected chi connectivity index (χ4v) is 3.57. The van der Waals surface area contributed by atoms with E-state index >= 15 is 0 Å². The van der Waals surface area contributed by atoms with Gasteiger partial charge in [0, 0.05) is 32.4 Å². The number of aromatic amines is 1. The molecular formula is C15H23N3O6S. The number of hydrogen-bond acceptors (Lipinski definition) is 6. The Morgan fingerprint density at radius 1 is 1.36 bits per heavy atom. The third-order valence-corrected chi connectivity index (χ3v) is 5.86. The molecule has 1 aromatic rings. The van der Waals surface area contributed by atoms with Crippen LogP contribution in [0, 0.1) is 0 Å². The molecule has 1 saturated heterocycles. The zero-order valence-corrected chi connectivity index (χ0v) is 15.3. The van der Waals surface area contributed by atoms with Gasteiger partial charge in [0.25, 0.3) is 5.91 Å². The Morgan fingerprint density at radius 3 is 2.60 bits per heavy atom. The number of sulfonamides is 1. The van der Waals surface area contributed by atoms with Crippen molar-refractivity contribution < 1.29 is 27.5 Å². The van der Waals surface area contributed by atoms with Gasteiger partial charge in [-0.2, -0.15) is 4.31 Å². The Kier molecular flexibility index (Phi) is 6.20. The number of carbonyl (C=O) groups is 2. The third-order valence-electron chi connectivity index (χ3n) is 3.98. The summed E-state index contributed by atoms with van der Waals surface area (Å²) in [6.07, 6.45) is 1.24. The van der Waals surface area contributed by atoms with Gasteiger partial charge in [0.1, 0.15) is 10.6 Å². The lowest BCUT2D eigenvalue weighted by atomic mass is 10.3. The highest BCUT2D eigenvalue weighted by atomic mass is 32.2. The number of nitrogens with zero attached hydrogens (tertiary/aromatic N) is 2. The van der Waals surface area contributed by atoms with Crippen LogP contribution in [0.3, 0.4) is 0 Å². The standard InChI is InChI=1S/C15H23N3O6S/c1-11(2)17(3)14(19)10-24-15(20)13-8-12(9-16-13)25(21,22)18-4-6-23-7-5-18/h8-9,11,16H,4-7,10H2,1-3H3. The lowest BCUT2D eigenvalue weighted by molar-refractivity contribution is -0.134. The van der Waals surface area contributed by atoms with Crippen LogP contribution in [0.25, 0.3) is 0 Å². The topological polar surface area (TPSA) is 109 Å². The van der Waals surface area contributed by atoms with Crippen molar-refractivity contribution in [2.75, 3.05) is 40.0 Å². The molecule has 0 unspecified atom stereocenters. The summed E-state index contributed by atoms with van der Waals surface area (Å²) in [5, 5.41) is 0. The molecule has 0 radical (unpaired) electrons. The summed E-state index contributed by atoms with van der Waals surface area (Å²) in [6.45, 7) is 4.49. The van der Waals surface area contributed by atoms with Gasteiger partial charge in [-0.1, -0.05) is 0 Å². The third kappa shape index (κ3) is 4.59. The van der Waals surface area contributed by atoms with E-state index in [0.29, 0.717) is 13.2 Å². The van der Waals surface area contributed by atoms with Gasteiger partial charge >= 0.3 is 5.97 Å². The molecule has 0 aliphatic carbocycles. The summed E-state index contributed by atoms with van der Waals surface area (Å²) >= 11 is 0. The molecule has 1 amide bonds. The van der Waals surface area contributed by atoms with Crippen LogP contribution in [0.15, 0.2) is 17.2 Å². The van der Waals surface area contributed by atoms with Crippen LogP contribution >= 0.6 is 0 Å². The van der Waals surface area contributed by atoms with Crippen LogP contribution in [-0.4, -0.2) is 80.5 Å². The van der Waals surface area contributed by atoms with Crippen LogP contribution in [0.5, 0.6) is 0 Å². The lowest BCUT2D eigenvalue weighted by Gasteiger charge is -2.25. The second-order valence-electron chi connectivity index (χ2n) is 5.94. The van der Waals surface area contributed by atoms with E-state index in [-0.39, 0.29) is 35.6 Å². The zero-order valence-electron chi connectivity index (χ0n) is 14.5. The summed E-state index contributed by atoms with van der Waals surface area (Å²) in [7, 11) is -2.08. The van der Waals surface area contributed by atoms with Crippen LogP contribution in [0.2, 0.25) is 0 Å². The number of aromatic nitrogens is 1. The van der Waals surface area contributed by atoms with Crippen LogP contribution in [0.1, 0.15) is 24.3 Å². The van der Waals surface area contributed by atoms with Crippen molar-refractivity contribution in [3.05, 3.63) is 18.0 Å². The van der Waals surface area contributed by atoms with E-state index in [1.54, 1.807) is 7.05 Å². The monoisotopic (exact) mass is 373 g/mol. The lowest BCUT2D eigenvalue weighted by Crippen LogP contribution is -2.40. The highest BCUT2D eigenvalue weighted by Gasteiger charge is 2.28. The van der Waals surface area contributed by atoms with E-state index in [9.17, 15) is 18.0 Å². The van der Waals surface area contributed by atoms with Gasteiger partial charge in [0.05, 0.1) is 13.2 Å². The molecule has 1 N–H and O–H groups in total. The SMILES string of the molecule is CC(C)N(C)C(=O)COC(=O)c1cc(S(=O)(=O)N2CCOCC2)c[nH]1. The molecule has 2 heterocycles. The number of ether oxygens (including phenoxy) is 2. The van der Waals surface area contributed by atoms with E-state index in [2.05, 4.69) is 4.98 Å². The second kappa shape index (κ2) is 7.98. The van der Waals surface area contributed by atoms with Crippen molar-refractivity contribution in [2.24, 2.45) is 0 Å². The van der Waals surface area contributed by atoms with Gasteiger partial charge in [-0.05, 0) is 19.9 Å². The molecule has 25 heavy (non-hydrogen) atoms. The summed E-state index contributed by atoms with van der Waals surface area (Å²) < 4.78 is 36.4. The normalized spacial score (nSPS) is 16.0. The molecule has 10 heteroatoms. The fraction of sp³-hybridized carbons (Fsp3) is 0.600. The van der Waals surface area contributed by atoms with E-state index in [1.807, 2.05) is 13.8 Å². The number of likely N-dealkylation sites (N-methyl/N-ethyl adjacent to an activating group) is 1. The van der Waals surface area contributed by atoms with E-state index in [4.69, 9.17) is 9.47 Å². The molecular weight excluding hydrogens is 350 g/mol. The highest BCUT2D eigenvalue weighted by molar-refractivity contribution is 7.89. The first-order valence-electron chi connectivity index (χ1n) is 7.92. The van der Waals surface area contributed by atoms with Gasteiger partial charge in [-0.25, -0.2) is 13.2 Å². The Morgan fingerprint density at radius 2 is 2.00 bits per heavy atom. The molecule has 0 atom stereocenters. The van der Waals surface area contributed by atoms with Crippen LogP contribution in [-0.2, 0) is 24.3 Å². The van der Waals surface area contributed by atoms with Gasteiger partial charge in [-0.15, -0.1) is 0 Å². The number of rotatable bonds is 6. The summed E-state index contributed by atoms with van der Waals surface area (Å²) in [5.74, 6) is -1.12. The first-order chi connectivity index (χ1) is 11.7. The van der Waals surface area contributed by atoms with Gasteiger partial charge < -0.3 is 19.4 Å². The number of H-pyrrole nitrogens is 1. The van der Waals surface area contributed by atoms with Crippen molar-refractivity contribution in [3.63, 3.8) is 0 Å². The number of nitrogens with one attached hydrogen (secondary N) is 1. The molecule has 0 saturated carbocycles. The minimum atomic E-state index is -3.69. The number of hydrogen-bond donors (Lipinski definition) is 1. The molecule has 1 fully saturated rings. The number of esters is 1. The average molecular weight is 373 g/mol. The van der Waals surface area contributed by atoms with Crippen molar-refractivity contribution in [1.82, 2.24) is 14.2 Å². The number of carbonyl (C=O) groups excluding carboxylic acids is 2. The second-order valence-corrected chi connectivity index (χ2v) is 7.88. The molecule has 0 spiro atoms. The van der Waals surface area contributed by atoms with E-state index in [1.165, 1.54) is 21.5 Å². The maximum atomic E-state index is 12.5. The first-order valence-corrected chi connectivity index (χ1v) is 9.36. The quantitative estimate of drug-likeness (QED) is 0.706. The van der Waals surface area contributed by atoms with Crippen LogP contribution in [0.4, 0.5) is 0 Å². The number of amides is 1. The molecule has 140 valence electrons. The average Bonchev–Trinajstić information content (AvgIpc) is 3.10. The summed E-state index contributed by atoms with van der Waals surface area (Å²) in [6, 6.07) is 1.20. The molecule has 1 aliphatic rings. The van der Waals surface area contributed by atoms with Crippen molar-refractivity contribution >= 4 is 21.9 Å². The molecule has 1 aromatic heterocycles. The first kappa shape index (κ1) is 19.4. The minimum Gasteiger partial charge on any atom is -0.451 e. The van der Waals surface area contributed by atoms with Crippen molar-refractivity contribution in [3.8, 4) is 0 Å². The van der Waals surface area contributed by atoms with Gasteiger partial charge in [0.15, 0.2) is 6.61 Å². The maximum absolute atomic E-state index is 12.5. The predicted molar refractivity (Wildman–Crippen MR) is 88.6 cm³/mol. The fourth-order valence-electron chi connectivity index (χ4n) is 2.17. The van der Waals surface area contributed by atoms with Crippen molar-refractivity contribution in [2.45, 2.75) is 24.8 Å². The largest absolute Gasteiger partial charge is 0.451 e. The van der Waals surface area contributed by atoms with Crippen molar-refractivity contribution in [1.29, 1.82) is 0 Å².